The van der Waals surface area contributed by atoms with Crippen LogP contribution in [0.2, 0.25) is 0 Å². The second kappa shape index (κ2) is 18.5. The molecule has 16 heteroatoms. The lowest BCUT2D eigenvalue weighted by molar-refractivity contribution is -0.136. The van der Waals surface area contributed by atoms with Crippen molar-refractivity contribution in [2.75, 3.05) is 33.4 Å². The first-order valence-corrected chi connectivity index (χ1v) is 19.0. The fourth-order valence-corrected chi connectivity index (χ4v) is 8.05. The molecule has 2 saturated carbocycles. The van der Waals surface area contributed by atoms with Gasteiger partial charge in [0.25, 0.3) is 11.8 Å². The lowest BCUT2D eigenvalue weighted by Gasteiger charge is -2.28. The predicted molar refractivity (Wildman–Crippen MR) is 194 cm³/mol. The van der Waals surface area contributed by atoms with Gasteiger partial charge in [0, 0.05) is 49.6 Å². The van der Waals surface area contributed by atoms with Crippen LogP contribution in [0, 0.1) is 23.7 Å². The molecule has 0 spiro atoms. The predicted octanol–water partition coefficient (Wildman–Crippen LogP) is 1.20. The van der Waals surface area contributed by atoms with E-state index < -0.39 is 65.6 Å². The van der Waals surface area contributed by atoms with Gasteiger partial charge in [-0.25, -0.2) is 4.79 Å². The second-order valence-corrected chi connectivity index (χ2v) is 15.3. The first kappa shape index (κ1) is 40.5. The summed E-state index contributed by atoms with van der Waals surface area (Å²) in [5, 5.41) is 12.0. The van der Waals surface area contributed by atoms with E-state index >= 15 is 0 Å². The fourth-order valence-electron chi connectivity index (χ4n) is 8.05. The van der Waals surface area contributed by atoms with Crippen LogP contribution >= 0.6 is 0 Å². The molecule has 4 fully saturated rings. The number of amides is 6. The molecule has 5 rings (SSSR count). The number of ether oxygens (including phenoxy) is 3. The molecule has 16 nitrogen and oxygen atoms in total. The molecular formula is C38H54N6O10. The zero-order chi connectivity index (χ0) is 38.9. The second-order valence-electron chi connectivity index (χ2n) is 15.3. The highest BCUT2D eigenvalue weighted by Crippen LogP contribution is 2.31. The van der Waals surface area contributed by atoms with Crippen LogP contribution in [0.25, 0.3) is 0 Å². The van der Waals surface area contributed by atoms with Crippen molar-refractivity contribution in [3.8, 4) is 5.75 Å². The molecule has 0 radical (unpaired) electrons. The number of ketones is 1. The van der Waals surface area contributed by atoms with Crippen molar-refractivity contribution in [1.29, 1.82) is 0 Å². The summed E-state index contributed by atoms with van der Waals surface area (Å²) < 4.78 is 16.1. The summed E-state index contributed by atoms with van der Waals surface area (Å²) in [4.78, 5) is 92.4. The summed E-state index contributed by atoms with van der Waals surface area (Å²) in [5.41, 5.74) is 5.52. The number of likely N-dealkylation sites (tertiary alicyclic amines) is 1. The molecule has 4 aliphatic rings. The zero-order valence-electron chi connectivity index (χ0n) is 31.3. The standard InChI is InChI=1S/C38H54N6O10/c1-21(2)16-23(17-32(45)33(39)46)40-35(48)26-6-4-8-29(26)41-36(49)27-7-5-9-30(27)42-37(50)28-18-44(38(51)54-25-14-15-53-20-25)19-31(28)43-34(47)22-10-12-24(52-3)13-11-22/h10-13,21,23,25-31H,4-9,14-20H2,1-3H3,(H2,39,46)(H,40,48)(H,41,49)(H,42,50)(H,43,47)/t23-,25-,26+,27+,28+,29-,30-,31-/m0/s1. The molecule has 1 aromatic carbocycles. The minimum atomic E-state index is -1.04. The highest BCUT2D eigenvalue weighted by atomic mass is 16.6. The van der Waals surface area contributed by atoms with Crippen molar-refractivity contribution in [3.63, 3.8) is 0 Å². The van der Waals surface area contributed by atoms with Crippen molar-refractivity contribution in [2.45, 2.75) is 102 Å². The van der Waals surface area contributed by atoms with E-state index in [1.54, 1.807) is 24.3 Å². The maximum Gasteiger partial charge on any atom is 0.410 e. The average molecular weight is 755 g/mol. The lowest BCUT2D eigenvalue weighted by Crippen LogP contribution is -2.52. The number of hydrogen-bond acceptors (Lipinski definition) is 10. The monoisotopic (exact) mass is 754 g/mol. The Balaban J connectivity index is 1.21. The van der Waals surface area contributed by atoms with Gasteiger partial charge in [-0.2, -0.15) is 0 Å². The summed E-state index contributed by atoms with van der Waals surface area (Å²) in [5.74, 6) is -4.28. The van der Waals surface area contributed by atoms with E-state index in [1.807, 2.05) is 13.8 Å². The van der Waals surface area contributed by atoms with Crippen molar-refractivity contribution < 1.29 is 47.8 Å². The van der Waals surface area contributed by atoms with E-state index in [0.29, 0.717) is 69.5 Å². The Labute approximate surface area is 315 Å². The SMILES string of the molecule is COc1ccc(C(=O)N[C@H]2CN(C(=O)O[C@H]3CCOC3)C[C@H]2C(=O)N[C@H]2CCC[C@H]2C(=O)N[C@H]2CCC[C@H]2C(=O)N[C@H](CC(=O)C(N)=O)CC(C)C)cc1. The Morgan fingerprint density at radius 1 is 0.815 bits per heavy atom. The molecular weight excluding hydrogens is 700 g/mol. The highest BCUT2D eigenvalue weighted by molar-refractivity contribution is 6.35. The van der Waals surface area contributed by atoms with Gasteiger partial charge >= 0.3 is 6.09 Å². The smallest absolute Gasteiger partial charge is 0.410 e. The van der Waals surface area contributed by atoms with Crippen LogP contribution in [0.1, 0.15) is 82.0 Å². The molecule has 0 aromatic heterocycles. The fraction of sp³-hybridized carbons (Fsp3) is 0.658. The number of hydrogen-bond donors (Lipinski definition) is 5. The molecule has 8 atom stereocenters. The molecule has 2 heterocycles. The van der Waals surface area contributed by atoms with Gasteiger partial charge in [0.15, 0.2) is 0 Å². The van der Waals surface area contributed by atoms with E-state index in [2.05, 4.69) is 21.3 Å². The Morgan fingerprint density at radius 2 is 1.44 bits per heavy atom. The number of Topliss-reactive ketones (excluding diaryl/α,β-unsaturated/α-hetero) is 1. The first-order valence-electron chi connectivity index (χ1n) is 19.0. The normalized spacial score (nSPS) is 26.9. The molecule has 2 aliphatic heterocycles. The first-order chi connectivity index (χ1) is 25.8. The molecule has 2 aliphatic carbocycles. The van der Waals surface area contributed by atoms with E-state index in [4.69, 9.17) is 19.9 Å². The summed E-state index contributed by atoms with van der Waals surface area (Å²) in [6.07, 6.45) is 3.58. The molecule has 54 heavy (non-hydrogen) atoms. The van der Waals surface area contributed by atoms with Crippen molar-refractivity contribution in [3.05, 3.63) is 29.8 Å². The number of carbonyl (C=O) groups excluding carboxylic acids is 7. The number of nitrogens with one attached hydrogen (secondary N) is 4. The Bertz CT molecular complexity index is 1550. The number of primary amides is 1. The Kier molecular flexibility index (Phi) is 13.9. The van der Waals surface area contributed by atoms with Gasteiger partial charge in [0.2, 0.25) is 23.5 Å². The Morgan fingerprint density at radius 3 is 2.02 bits per heavy atom. The third-order valence-corrected chi connectivity index (χ3v) is 10.9. The molecule has 0 bridgehead atoms. The third-order valence-electron chi connectivity index (χ3n) is 10.9. The summed E-state index contributed by atoms with van der Waals surface area (Å²) in [6.45, 7) is 4.76. The quantitative estimate of drug-likeness (QED) is 0.161. The van der Waals surface area contributed by atoms with E-state index in [0.717, 1.165) is 6.42 Å². The number of nitrogens with two attached hydrogens (primary N) is 1. The van der Waals surface area contributed by atoms with Crippen LogP contribution in [0.3, 0.4) is 0 Å². The van der Waals surface area contributed by atoms with Crippen LogP contribution < -0.4 is 31.7 Å². The van der Waals surface area contributed by atoms with Crippen LogP contribution in [0.15, 0.2) is 24.3 Å². The molecule has 0 unspecified atom stereocenters. The number of rotatable bonds is 15. The van der Waals surface area contributed by atoms with Crippen molar-refractivity contribution in [1.82, 2.24) is 26.2 Å². The number of carbonyl (C=O) groups is 7. The average Bonchev–Trinajstić information content (AvgIpc) is 3.96. The Hall–Kier alpha value is -4.73. The van der Waals surface area contributed by atoms with E-state index in [9.17, 15) is 33.6 Å². The van der Waals surface area contributed by atoms with Gasteiger partial charge in [0.1, 0.15) is 11.9 Å². The van der Waals surface area contributed by atoms with E-state index in [1.165, 1.54) is 12.0 Å². The van der Waals surface area contributed by atoms with Gasteiger partial charge < -0.3 is 46.1 Å². The third kappa shape index (κ3) is 10.5. The van der Waals surface area contributed by atoms with Crippen LogP contribution in [-0.2, 0) is 33.4 Å². The highest BCUT2D eigenvalue weighted by Gasteiger charge is 2.45. The van der Waals surface area contributed by atoms with E-state index in [-0.39, 0.29) is 49.3 Å². The van der Waals surface area contributed by atoms with Crippen LogP contribution in [0.4, 0.5) is 4.79 Å². The maximum absolute atomic E-state index is 14.0. The summed E-state index contributed by atoms with van der Waals surface area (Å²) in [7, 11) is 1.52. The van der Waals surface area contributed by atoms with Gasteiger partial charge in [-0.3, -0.25) is 28.8 Å². The molecule has 6 N–H and O–H groups in total. The van der Waals surface area contributed by atoms with Crippen LogP contribution in [0.5, 0.6) is 5.75 Å². The zero-order valence-corrected chi connectivity index (χ0v) is 31.3. The maximum atomic E-state index is 14.0. The minimum Gasteiger partial charge on any atom is -0.497 e. The van der Waals surface area contributed by atoms with Gasteiger partial charge in [-0.15, -0.1) is 0 Å². The van der Waals surface area contributed by atoms with Crippen LogP contribution in [-0.4, -0.2) is 110 Å². The van der Waals surface area contributed by atoms with Gasteiger partial charge in [-0.1, -0.05) is 26.7 Å². The summed E-state index contributed by atoms with van der Waals surface area (Å²) in [6, 6.07) is 4.33. The van der Waals surface area contributed by atoms with Gasteiger partial charge in [-0.05, 0) is 62.3 Å². The van der Waals surface area contributed by atoms with Crippen molar-refractivity contribution in [2.24, 2.45) is 29.4 Å². The molecule has 1 aromatic rings. The van der Waals surface area contributed by atoms with Crippen molar-refractivity contribution >= 4 is 41.4 Å². The molecule has 2 saturated heterocycles. The topological polar surface area (TPSA) is 225 Å². The van der Waals surface area contributed by atoms with Gasteiger partial charge in [0.05, 0.1) is 44.1 Å². The minimum absolute atomic E-state index is 0.0110. The summed E-state index contributed by atoms with van der Waals surface area (Å²) >= 11 is 0. The molecule has 6 amide bonds. The number of methoxy groups -OCH3 is 1. The largest absolute Gasteiger partial charge is 0.497 e. The molecule has 296 valence electrons. The number of nitrogens with zero attached hydrogens (tertiary/aromatic N) is 1. The lowest BCUT2D eigenvalue weighted by atomic mass is 9.95. The number of benzene rings is 1.